The average molecular weight is 665 g/mol. The molecule has 0 spiro atoms. The van der Waals surface area contributed by atoms with Crippen LogP contribution < -0.4 is 9.84 Å². The van der Waals surface area contributed by atoms with Crippen LogP contribution in [0, 0.1) is 5.92 Å². The molecule has 9 nitrogen and oxygen atoms in total. The number of rotatable bonds is 8. The predicted molar refractivity (Wildman–Crippen MR) is 149 cm³/mol. The van der Waals surface area contributed by atoms with E-state index < -0.39 is 5.97 Å². The number of benzene rings is 2. The number of hydrogen-bond acceptors (Lipinski definition) is 7. The first-order valence-electron chi connectivity index (χ1n) is 13.5. The number of aromatic carboxylic acids is 1. The van der Waals surface area contributed by atoms with E-state index in [-0.39, 0.29) is 77.9 Å². The van der Waals surface area contributed by atoms with Crippen LogP contribution in [0.1, 0.15) is 79.0 Å². The standard InChI is InChI=1S/C30H33N5O3.Ba.H2O/c1-19(20-8-4-3-5-9-20)38-24-13-7-11-22(15-24)21-10-6-12-23(14-21)35-29(27(17-31-35)30(36)37)26-16-25(26)28-18-34(2)33-32-28;;/h6-7,10-15,17-20,25-26H,3-5,8-9,16H2,1-2H3,(H,36,37);;1H2/q;+2;/p-2/t19-,25+,26+;;/m0../s1. The fraction of sp³-hybridized carbons (Fsp3) is 0.400. The molecule has 0 bridgehead atoms. The van der Waals surface area contributed by atoms with E-state index in [9.17, 15) is 9.90 Å². The van der Waals surface area contributed by atoms with Crippen molar-refractivity contribution < 1.29 is 20.1 Å². The molecule has 1 N–H and O–H groups in total. The fourth-order valence-electron chi connectivity index (χ4n) is 5.92. The van der Waals surface area contributed by atoms with Gasteiger partial charge >= 0.3 is 48.9 Å². The molecule has 4 aromatic rings. The topological polar surface area (TPSA) is 128 Å². The number of hydrogen-bond donors (Lipinski definition) is 0. The molecule has 2 aromatic carbocycles. The van der Waals surface area contributed by atoms with Gasteiger partial charge in [0, 0.05) is 30.6 Å². The number of carbonyl (C=O) groups is 1. The van der Waals surface area contributed by atoms with Gasteiger partial charge in [0.2, 0.25) is 0 Å². The molecule has 2 aliphatic carbocycles. The second kappa shape index (κ2) is 13.1. The number of carboxylic acid groups (broad SMARTS) is 1. The van der Waals surface area contributed by atoms with Crippen molar-refractivity contribution in [3.05, 3.63) is 77.9 Å². The second-order valence-electron chi connectivity index (χ2n) is 10.7. The van der Waals surface area contributed by atoms with Crippen molar-refractivity contribution in [1.29, 1.82) is 0 Å². The van der Waals surface area contributed by atoms with Crippen LogP contribution in [0.4, 0.5) is 0 Å². The van der Waals surface area contributed by atoms with Gasteiger partial charge in [-0.3, -0.25) is 4.68 Å². The summed E-state index contributed by atoms with van der Waals surface area (Å²) in [5.41, 5.74) is 4.49. The average Bonchev–Trinajstić information content (AvgIpc) is 3.38. The first-order chi connectivity index (χ1) is 18.5. The van der Waals surface area contributed by atoms with Gasteiger partial charge in [-0.1, -0.05) is 48.7 Å². The van der Waals surface area contributed by atoms with Gasteiger partial charge in [-0.25, -0.2) is 4.68 Å². The molecule has 6 rings (SSSR count). The number of aryl methyl sites for hydroxylation is 1. The van der Waals surface area contributed by atoms with Crippen molar-refractivity contribution in [1.82, 2.24) is 24.8 Å². The Morgan fingerprint density at radius 3 is 2.48 bits per heavy atom. The summed E-state index contributed by atoms with van der Waals surface area (Å²) in [4.78, 5) is 12.0. The first-order valence-corrected chi connectivity index (χ1v) is 13.5. The third kappa shape index (κ3) is 6.40. The van der Waals surface area contributed by atoms with Gasteiger partial charge in [-0.05, 0) is 67.5 Å². The van der Waals surface area contributed by atoms with Crippen molar-refractivity contribution in [3.63, 3.8) is 0 Å². The molecule has 2 fully saturated rings. The number of carbonyl (C=O) groups excluding carboxylic acids is 1. The molecule has 2 heterocycles. The summed E-state index contributed by atoms with van der Waals surface area (Å²) >= 11 is 0. The van der Waals surface area contributed by atoms with Crippen molar-refractivity contribution in [2.24, 2.45) is 13.0 Å². The van der Waals surface area contributed by atoms with E-state index >= 15 is 0 Å². The Morgan fingerprint density at radius 1 is 1.05 bits per heavy atom. The molecular formula is C30H33BaN5O4. The molecule has 0 amide bonds. The minimum atomic E-state index is -1.22. The Hall–Kier alpha value is -2.41. The van der Waals surface area contributed by atoms with E-state index in [4.69, 9.17) is 4.74 Å². The Kier molecular flexibility index (Phi) is 9.97. The van der Waals surface area contributed by atoms with E-state index in [1.165, 1.54) is 38.3 Å². The van der Waals surface area contributed by atoms with Gasteiger partial charge in [0.25, 0.3) is 0 Å². The van der Waals surface area contributed by atoms with Gasteiger partial charge in [-0.2, -0.15) is 5.10 Å². The van der Waals surface area contributed by atoms with Gasteiger partial charge in [-0.15, -0.1) is 5.10 Å². The maximum absolute atomic E-state index is 12.0. The number of aromatic nitrogens is 5. The molecule has 0 aliphatic heterocycles. The molecule has 204 valence electrons. The van der Waals surface area contributed by atoms with Crippen LogP contribution in [0.5, 0.6) is 5.75 Å². The Balaban J connectivity index is 0.00000185. The zero-order valence-corrected chi connectivity index (χ0v) is 27.4. The van der Waals surface area contributed by atoms with Crippen LogP contribution in [0.2, 0.25) is 0 Å². The molecule has 0 radical (unpaired) electrons. The van der Waals surface area contributed by atoms with Gasteiger partial charge in [0.15, 0.2) is 0 Å². The molecule has 40 heavy (non-hydrogen) atoms. The molecule has 0 unspecified atom stereocenters. The second-order valence-corrected chi connectivity index (χ2v) is 10.7. The normalized spacial score (nSPS) is 19.2. The minimum Gasteiger partial charge on any atom is -0.870 e. The van der Waals surface area contributed by atoms with Crippen LogP contribution in [-0.4, -0.2) is 91.2 Å². The van der Waals surface area contributed by atoms with E-state index in [1.54, 1.807) is 9.36 Å². The number of carboxylic acids is 1. The van der Waals surface area contributed by atoms with Crippen molar-refractivity contribution in [3.8, 4) is 22.6 Å². The Bertz CT molecular complexity index is 1460. The quantitative estimate of drug-likeness (QED) is 0.260. The summed E-state index contributed by atoms with van der Waals surface area (Å²) in [6.07, 6.45) is 10.7. The number of nitrogens with zero attached hydrogens (tertiary/aromatic N) is 5. The van der Waals surface area contributed by atoms with Gasteiger partial charge in [0.1, 0.15) is 5.75 Å². The molecular weight excluding hydrogens is 632 g/mol. The smallest absolute Gasteiger partial charge is 0.870 e. The SMILES string of the molecule is C[C@H](Oc1cccc(-c2cccc(-n3ncc(C(=O)[O-])c3[C@@H]3C[C@H]3c3cn(C)nn3)c2)c1)C1CCCCC1.[Ba+2].[OH-]. The third-order valence-corrected chi connectivity index (χ3v) is 8.06. The maximum Gasteiger partial charge on any atom is 2.00 e. The van der Waals surface area contributed by atoms with Crippen LogP contribution in [-0.2, 0) is 7.05 Å². The molecule has 2 saturated carbocycles. The van der Waals surface area contributed by atoms with Crippen molar-refractivity contribution in [2.75, 3.05) is 0 Å². The fourth-order valence-corrected chi connectivity index (χ4v) is 5.92. The predicted octanol–water partition coefficient (Wildman–Crippen LogP) is 4.09. The van der Waals surface area contributed by atoms with Crippen LogP contribution in [0.25, 0.3) is 16.8 Å². The molecule has 2 aromatic heterocycles. The Morgan fingerprint density at radius 2 is 1.77 bits per heavy atom. The van der Waals surface area contributed by atoms with Crippen LogP contribution in [0.3, 0.4) is 0 Å². The largest absolute Gasteiger partial charge is 2.00 e. The maximum atomic E-state index is 12.0. The van der Waals surface area contributed by atoms with Crippen LogP contribution >= 0.6 is 0 Å². The number of ether oxygens (including phenoxy) is 1. The van der Waals surface area contributed by atoms with Crippen molar-refractivity contribution in [2.45, 2.75) is 63.4 Å². The molecule has 3 atom stereocenters. The minimum absolute atomic E-state index is 0. The molecule has 10 heteroatoms. The van der Waals surface area contributed by atoms with E-state index in [0.29, 0.717) is 11.6 Å². The summed E-state index contributed by atoms with van der Waals surface area (Å²) in [5, 5.41) is 24.7. The van der Waals surface area contributed by atoms with Gasteiger partial charge in [0.05, 0.1) is 35.3 Å². The summed E-state index contributed by atoms with van der Waals surface area (Å²) in [6.45, 7) is 2.18. The summed E-state index contributed by atoms with van der Waals surface area (Å²) in [7, 11) is 1.83. The first kappa shape index (κ1) is 30.5. The van der Waals surface area contributed by atoms with Gasteiger partial charge < -0.3 is 20.1 Å². The molecule has 2 aliphatic rings. The van der Waals surface area contributed by atoms with Crippen LogP contribution in [0.15, 0.2) is 60.9 Å². The summed E-state index contributed by atoms with van der Waals surface area (Å²) in [5.74, 6) is 0.364. The van der Waals surface area contributed by atoms with E-state index in [1.807, 2.05) is 43.6 Å². The zero-order chi connectivity index (χ0) is 26.2. The monoisotopic (exact) mass is 665 g/mol. The Labute approximate surface area is 274 Å². The summed E-state index contributed by atoms with van der Waals surface area (Å²) in [6, 6.07) is 16.2. The summed E-state index contributed by atoms with van der Waals surface area (Å²) < 4.78 is 9.78. The molecule has 0 saturated heterocycles. The zero-order valence-electron chi connectivity index (χ0n) is 22.9. The van der Waals surface area contributed by atoms with E-state index in [0.717, 1.165) is 34.7 Å². The van der Waals surface area contributed by atoms with E-state index in [2.05, 4.69) is 40.5 Å². The van der Waals surface area contributed by atoms with Crippen molar-refractivity contribution >= 4 is 54.9 Å². The third-order valence-electron chi connectivity index (χ3n) is 8.06.